The third kappa shape index (κ3) is 6.28. The monoisotopic (exact) mass is 519 g/mol. The van der Waals surface area contributed by atoms with E-state index in [1.54, 1.807) is 37.3 Å². The fourth-order valence-electron chi connectivity index (χ4n) is 3.19. The van der Waals surface area contributed by atoms with Gasteiger partial charge in [0.1, 0.15) is 12.6 Å². The first kappa shape index (κ1) is 26.3. The summed E-state index contributed by atoms with van der Waals surface area (Å²) in [4.78, 5) is 27.3. The average Bonchev–Trinajstić information content (AvgIpc) is 2.73. The Morgan fingerprint density at radius 1 is 1.00 bits per heavy atom. The van der Waals surface area contributed by atoms with Gasteiger partial charge < -0.3 is 10.2 Å². The Balaban J connectivity index is 2.50. The van der Waals surface area contributed by atoms with Gasteiger partial charge in [0.15, 0.2) is 0 Å². The van der Waals surface area contributed by atoms with Crippen LogP contribution in [0, 0.1) is 0 Å². The zero-order chi connectivity index (χ0) is 24.1. The molecular weight excluding hydrogens is 497 g/mol. The topological polar surface area (TPSA) is 86.8 Å². The molecule has 2 rings (SSSR count). The smallest absolute Gasteiger partial charge is 0.244 e. The molecule has 2 amide bonds. The number of hydrogen-bond acceptors (Lipinski definition) is 4. The van der Waals surface area contributed by atoms with E-state index < -0.39 is 34.4 Å². The van der Waals surface area contributed by atoms with Crippen molar-refractivity contribution in [3.63, 3.8) is 0 Å². The van der Waals surface area contributed by atoms with Gasteiger partial charge in [0.05, 0.1) is 17.0 Å². The fourth-order valence-corrected chi connectivity index (χ4v) is 4.85. The summed E-state index contributed by atoms with van der Waals surface area (Å²) in [5.41, 5.74) is 0.615. The Hall–Kier alpha value is -2.00. The lowest BCUT2D eigenvalue weighted by molar-refractivity contribution is -0.140. The number of carbonyl (C=O) groups is 2. The van der Waals surface area contributed by atoms with Crippen LogP contribution in [0.15, 0.2) is 42.5 Å². The van der Waals surface area contributed by atoms with Crippen LogP contribution in [-0.2, 0) is 26.2 Å². The number of halogens is 3. The first-order chi connectivity index (χ1) is 15.0. The Morgan fingerprint density at radius 3 is 2.06 bits per heavy atom. The molecule has 2 aromatic rings. The second-order valence-corrected chi connectivity index (χ2v) is 10.1. The molecule has 7 nitrogen and oxygen atoms in total. The van der Waals surface area contributed by atoms with E-state index in [0.29, 0.717) is 22.0 Å². The molecule has 174 valence electrons. The number of para-hydroxylation sites is 1. The molecule has 0 radical (unpaired) electrons. The van der Waals surface area contributed by atoms with Crippen molar-refractivity contribution in [3.8, 4) is 0 Å². The van der Waals surface area contributed by atoms with Crippen LogP contribution >= 0.6 is 34.8 Å². The first-order valence-corrected chi connectivity index (χ1v) is 12.7. The number of amides is 2. The molecule has 1 N–H and O–H groups in total. The zero-order valence-corrected chi connectivity index (χ0v) is 20.9. The Kier molecular flexibility index (Phi) is 9.21. The number of anilines is 1. The molecule has 0 aliphatic carbocycles. The van der Waals surface area contributed by atoms with Crippen LogP contribution in [0.2, 0.25) is 15.1 Å². The van der Waals surface area contributed by atoms with E-state index >= 15 is 0 Å². The van der Waals surface area contributed by atoms with E-state index in [4.69, 9.17) is 34.8 Å². The number of likely N-dealkylation sites (N-methyl/N-ethyl adjacent to an activating group) is 1. The second kappa shape index (κ2) is 11.2. The number of carbonyl (C=O) groups excluding carboxylic acids is 2. The van der Waals surface area contributed by atoms with Crippen LogP contribution in [-0.4, -0.2) is 51.0 Å². The molecule has 0 fully saturated rings. The maximum absolute atomic E-state index is 13.4. The minimum Gasteiger partial charge on any atom is -0.357 e. The Morgan fingerprint density at radius 2 is 1.56 bits per heavy atom. The molecule has 0 unspecified atom stereocenters. The Bertz CT molecular complexity index is 1080. The van der Waals surface area contributed by atoms with Gasteiger partial charge in [-0.25, -0.2) is 8.42 Å². The van der Waals surface area contributed by atoms with E-state index in [0.717, 1.165) is 10.6 Å². The maximum atomic E-state index is 13.4. The summed E-state index contributed by atoms with van der Waals surface area (Å²) in [7, 11) is -2.41. The predicted octanol–water partition coefficient (Wildman–Crippen LogP) is 3.97. The summed E-state index contributed by atoms with van der Waals surface area (Å²) in [5, 5.41) is 3.36. The van der Waals surface area contributed by atoms with Crippen molar-refractivity contribution in [2.75, 3.05) is 24.2 Å². The summed E-state index contributed by atoms with van der Waals surface area (Å²) in [6, 6.07) is 10.3. The van der Waals surface area contributed by atoms with Gasteiger partial charge in [0.25, 0.3) is 0 Å². The van der Waals surface area contributed by atoms with Gasteiger partial charge in [0.2, 0.25) is 21.8 Å². The molecular formula is C21H24Cl3N3O4S. The van der Waals surface area contributed by atoms with E-state index in [1.807, 2.05) is 0 Å². The quantitative estimate of drug-likeness (QED) is 0.542. The molecule has 0 aromatic heterocycles. The van der Waals surface area contributed by atoms with Crippen molar-refractivity contribution in [2.45, 2.75) is 25.9 Å². The molecule has 0 aliphatic heterocycles. The molecule has 11 heteroatoms. The maximum Gasteiger partial charge on any atom is 0.244 e. The van der Waals surface area contributed by atoms with Crippen molar-refractivity contribution in [3.05, 3.63) is 63.1 Å². The highest BCUT2D eigenvalue weighted by atomic mass is 35.5. The standard InChI is InChI=1S/C21H24Cl3N3O4S/c1-4-18(21(29)25-2)26(12-14-15(22)9-7-10-16(14)23)20(28)13-27(32(3,30)31)19-11-6-5-8-17(19)24/h5-11,18H,4,12-13H2,1-3H3,(H,25,29)/t18-/m0/s1. The largest absolute Gasteiger partial charge is 0.357 e. The highest BCUT2D eigenvalue weighted by Crippen LogP contribution is 2.29. The zero-order valence-electron chi connectivity index (χ0n) is 17.8. The first-order valence-electron chi connectivity index (χ1n) is 9.67. The van der Waals surface area contributed by atoms with E-state index in [9.17, 15) is 18.0 Å². The molecule has 32 heavy (non-hydrogen) atoms. The predicted molar refractivity (Wildman–Crippen MR) is 129 cm³/mol. The fraction of sp³-hybridized carbons (Fsp3) is 0.333. The van der Waals surface area contributed by atoms with Crippen molar-refractivity contribution in [1.82, 2.24) is 10.2 Å². The molecule has 0 bridgehead atoms. The third-order valence-electron chi connectivity index (χ3n) is 4.82. The van der Waals surface area contributed by atoms with E-state index in [-0.39, 0.29) is 17.3 Å². The Labute approximate surface area is 203 Å². The van der Waals surface area contributed by atoms with Crippen LogP contribution in [0.3, 0.4) is 0 Å². The summed E-state index contributed by atoms with van der Waals surface area (Å²) in [6.45, 7) is 1.11. The van der Waals surface area contributed by atoms with Crippen LogP contribution < -0.4 is 9.62 Å². The van der Waals surface area contributed by atoms with Gasteiger partial charge in [-0.05, 0) is 30.7 Å². The molecule has 0 spiro atoms. The van der Waals surface area contributed by atoms with Crippen LogP contribution in [0.4, 0.5) is 5.69 Å². The highest BCUT2D eigenvalue weighted by Gasteiger charge is 2.32. The summed E-state index contributed by atoms with van der Waals surface area (Å²) < 4.78 is 25.9. The van der Waals surface area contributed by atoms with Crippen LogP contribution in [0.25, 0.3) is 0 Å². The van der Waals surface area contributed by atoms with Gasteiger partial charge in [0, 0.05) is 29.2 Å². The SMILES string of the molecule is CC[C@@H](C(=O)NC)N(Cc1c(Cl)cccc1Cl)C(=O)CN(c1ccccc1Cl)S(C)(=O)=O. The average molecular weight is 521 g/mol. The molecule has 0 saturated carbocycles. The highest BCUT2D eigenvalue weighted by molar-refractivity contribution is 7.92. The van der Waals surface area contributed by atoms with Crippen molar-refractivity contribution in [1.29, 1.82) is 0 Å². The van der Waals surface area contributed by atoms with Gasteiger partial charge in [-0.3, -0.25) is 13.9 Å². The number of rotatable bonds is 9. The molecule has 0 heterocycles. The number of sulfonamides is 1. The molecule has 1 atom stereocenters. The van der Waals surface area contributed by atoms with Gasteiger partial charge in [-0.15, -0.1) is 0 Å². The van der Waals surface area contributed by atoms with Gasteiger partial charge in [-0.1, -0.05) is 59.9 Å². The van der Waals surface area contributed by atoms with E-state index in [1.165, 1.54) is 24.1 Å². The summed E-state index contributed by atoms with van der Waals surface area (Å²) in [5.74, 6) is -1.01. The molecule has 0 aliphatic rings. The van der Waals surface area contributed by atoms with Crippen LogP contribution in [0.1, 0.15) is 18.9 Å². The lowest BCUT2D eigenvalue weighted by Crippen LogP contribution is -2.51. The lowest BCUT2D eigenvalue weighted by Gasteiger charge is -2.33. The van der Waals surface area contributed by atoms with Crippen molar-refractivity contribution >= 4 is 62.3 Å². The minimum absolute atomic E-state index is 0.0800. The third-order valence-corrected chi connectivity index (χ3v) is 6.98. The normalized spacial score (nSPS) is 12.2. The number of hydrogen-bond donors (Lipinski definition) is 1. The minimum atomic E-state index is -3.87. The van der Waals surface area contributed by atoms with Crippen molar-refractivity contribution < 1.29 is 18.0 Å². The van der Waals surface area contributed by atoms with E-state index in [2.05, 4.69) is 5.32 Å². The molecule has 2 aromatic carbocycles. The van der Waals surface area contributed by atoms with Crippen LogP contribution in [0.5, 0.6) is 0 Å². The lowest BCUT2D eigenvalue weighted by atomic mass is 10.1. The summed E-state index contributed by atoms with van der Waals surface area (Å²) in [6.07, 6.45) is 1.27. The number of nitrogens with one attached hydrogen (secondary N) is 1. The van der Waals surface area contributed by atoms with Crippen molar-refractivity contribution in [2.24, 2.45) is 0 Å². The van der Waals surface area contributed by atoms with Gasteiger partial charge >= 0.3 is 0 Å². The van der Waals surface area contributed by atoms with Gasteiger partial charge in [-0.2, -0.15) is 0 Å². The summed E-state index contributed by atoms with van der Waals surface area (Å²) >= 11 is 18.8. The second-order valence-electron chi connectivity index (χ2n) is 6.98. The number of benzene rings is 2. The number of nitrogens with zero attached hydrogens (tertiary/aromatic N) is 2. The molecule has 0 saturated heterocycles.